The Morgan fingerprint density at radius 2 is 1.94 bits per heavy atom. The van der Waals surface area contributed by atoms with E-state index >= 15 is 0 Å². The van der Waals surface area contributed by atoms with Crippen LogP contribution >= 0.6 is 11.8 Å². The molecule has 2 aromatic rings. The molecule has 2 aromatic carbocycles. The molecule has 174 valence electrons. The van der Waals surface area contributed by atoms with E-state index in [0.717, 1.165) is 17.0 Å². The molecule has 2 amide bonds. The van der Waals surface area contributed by atoms with E-state index in [-0.39, 0.29) is 19.1 Å². The van der Waals surface area contributed by atoms with Crippen LogP contribution in [0.4, 0.5) is 5.69 Å². The fourth-order valence-electron chi connectivity index (χ4n) is 3.23. The molecule has 8 nitrogen and oxygen atoms in total. The van der Waals surface area contributed by atoms with Crippen LogP contribution in [0.3, 0.4) is 0 Å². The van der Waals surface area contributed by atoms with Crippen molar-refractivity contribution in [3.8, 4) is 11.5 Å². The number of benzene rings is 2. The standard InChI is InChI=1S/C24H26N2O6S/c1-16-11-12-26(18-5-3-4-6-21(18)33-16)23(28)15-32-24(29)10-8-17-7-9-19(20(13-17)30-2)31-14-22(25)27/h3-10,13,16H,11-12,14-15H2,1-2H3,(H2,25,27)/b10-8+. The summed E-state index contributed by atoms with van der Waals surface area (Å²) >= 11 is 1.74. The molecule has 0 fully saturated rings. The van der Waals surface area contributed by atoms with Crippen molar-refractivity contribution in [3.63, 3.8) is 0 Å². The highest BCUT2D eigenvalue weighted by Gasteiger charge is 2.24. The van der Waals surface area contributed by atoms with Crippen molar-refractivity contribution in [1.29, 1.82) is 0 Å². The third kappa shape index (κ3) is 6.76. The van der Waals surface area contributed by atoms with Gasteiger partial charge in [0, 0.05) is 22.8 Å². The molecule has 0 spiro atoms. The summed E-state index contributed by atoms with van der Waals surface area (Å²) < 4.78 is 15.7. The summed E-state index contributed by atoms with van der Waals surface area (Å²) in [5.74, 6) is -0.769. The predicted molar refractivity (Wildman–Crippen MR) is 126 cm³/mol. The molecular weight excluding hydrogens is 444 g/mol. The van der Waals surface area contributed by atoms with Crippen molar-refractivity contribution in [2.24, 2.45) is 5.73 Å². The number of methoxy groups -OCH3 is 1. The van der Waals surface area contributed by atoms with Crippen LogP contribution in [-0.4, -0.2) is 49.9 Å². The first-order valence-corrected chi connectivity index (χ1v) is 11.3. The lowest BCUT2D eigenvalue weighted by molar-refractivity contribution is -0.142. The number of amides is 2. The molecule has 0 bridgehead atoms. The van der Waals surface area contributed by atoms with Crippen LogP contribution < -0.4 is 20.1 Å². The van der Waals surface area contributed by atoms with Crippen molar-refractivity contribution >= 4 is 41.3 Å². The van der Waals surface area contributed by atoms with Gasteiger partial charge in [-0.25, -0.2) is 4.79 Å². The first-order chi connectivity index (χ1) is 15.9. The Morgan fingerprint density at radius 1 is 1.15 bits per heavy atom. The normalized spacial score (nSPS) is 15.5. The van der Waals surface area contributed by atoms with Gasteiger partial charge < -0.3 is 24.8 Å². The van der Waals surface area contributed by atoms with Gasteiger partial charge in [0.05, 0.1) is 12.8 Å². The van der Waals surface area contributed by atoms with Crippen LogP contribution in [0.15, 0.2) is 53.4 Å². The summed E-state index contributed by atoms with van der Waals surface area (Å²) in [4.78, 5) is 38.6. The average molecular weight is 471 g/mol. The van der Waals surface area contributed by atoms with Crippen LogP contribution in [-0.2, 0) is 19.1 Å². The zero-order valence-electron chi connectivity index (χ0n) is 18.5. The van der Waals surface area contributed by atoms with Gasteiger partial charge in [0.2, 0.25) is 0 Å². The molecule has 1 unspecified atom stereocenters. The van der Waals surface area contributed by atoms with E-state index in [4.69, 9.17) is 19.9 Å². The number of hydrogen-bond donors (Lipinski definition) is 1. The minimum Gasteiger partial charge on any atom is -0.493 e. The summed E-state index contributed by atoms with van der Waals surface area (Å²) in [7, 11) is 1.46. The Labute approximate surface area is 196 Å². The predicted octanol–water partition coefficient (Wildman–Crippen LogP) is 3.03. The lowest BCUT2D eigenvalue weighted by Gasteiger charge is -2.22. The highest BCUT2D eigenvalue weighted by molar-refractivity contribution is 8.00. The minimum atomic E-state index is -0.637. The molecular formula is C24H26N2O6S. The van der Waals surface area contributed by atoms with E-state index in [2.05, 4.69) is 6.92 Å². The van der Waals surface area contributed by atoms with Gasteiger partial charge in [0.1, 0.15) is 0 Å². The fraction of sp³-hybridized carbons (Fsp3) is 0.292. The number of fused-ring (bicyclic) bond motifs is 1. The monoisotopic (exact) mass is 470 g/mol. The maximum atomic E-state index is 12.8. The van der Waals surface area contributed by atoms with Crippen LogP contribution in [0, 0.1) is 0 Å². The van der Waals surface area contributed by atoms with Crippen LogP contribution in [0.2, 0.25) is 0 Å². The van der Waals surface area contributed by atoms with Crippen molar-refractivity contribution in [1.82, 2.24) is 0 Å². The molecule has 0 aromatic heterocycles. The van der Waals surface area contributed by atoms with Gasteiger partial charge in [-0.05, 0) is 42.3 Å². The largest absolute Gasteiger partial charge is 0.493 e. The molecule has 2 N–H and O–H groups in total. The first kappa shape index (κ1) is 24.2. The van der Waals surface area contributed by atoms with E-state index in [0.29, 0.717) is 28.9 Å². The summed E-state index contributed by atoms with van der Waals surface area (Å²) in [6.07, 6.45) is 3.62. The number of nitrogens with zero attached hydrogens (tertiary/aromatic N) is 1. The van der Waals surface area contributed by atoms with Gasteiger partial charge in [-0.15, -0.1) is 11.8 Å². The van der Waals surface area contributed by atoms with E-state index in [1.165, 1.54) is 19.3 Å². The number of esters is 1. The zero-order chi connectivity index (χ0) is 23.8. The Morgan fingerprint density at radius 3 is 2.70 bits per heavy atom. The van der Waals surface area contributed by atoms with Gasteiger partial charge in [-0.2, -0.15) is 0 Å². The maximum Gasteiger partial charge on any atom is 0.331 e. The van der Waals surface area contributed by atoms with Crippen molar-refractivity contribution in [2.75, 3.05) is 31.8 Å². The zero-order valence-corrected chi connectivity index (χ0v) is 19.3. The molecule has 0 saturated heterocycles. The Kier molecular flexibility index (Phi) is 8.37. The van der Waals surface area contributed by atoms with Gasteiger partial charge in [-0.3, -0.25) is 9.59 Å². The quantitative estimate of drug-likeness (QED) is 0.467. The molecule has 1 heterocycles. The number of thioether (sulfide) groups is 1. The van der Waals surface area contributed by atoms with Crippen molar-refractivity contribution in [3.05, 3.63) is 54.1 Å². The topological polar surface area (TPSA) is 108 Å². The molecule has 0 radical (unpaired) electrons. The van der Waals surface area contributed by atoms with E-state index in [1.807, 2.05) is 24.3 Å². The average Bonchev–Trinajstić information content (AvgIpc) is 2.98. The summed E-state index contributed by atoms with van der Waals surface area (Å²) in [5.41, 5.74) is 6.57. The second kappa shape index (κ2) is 11.4. The van der Waals surface area contributed by atoms with E-state index in [9.17, 15) is 14.4 Å². The maximum absolute atomic E-state index is 12.8. The molecule has 0 aliphatic carbocycles. The molecule has 1 aliphatic rings. The second-order valence-electron chi connectivity index (χ2n) is 7.34. The third-order valence-electron chi connectivity index (χ3n) is 4.85. The number of hydrogen-bond acceptors (Lipinski definition) is 7. The smallest absolute Gasteiger partial charge is 0.331 e. The number of para-hydroxylation sites is 1. The number of carbonyl (C=O) groups excluding carboxylic acids is 3. The third-order valence-corrected chi connectivity index (χ3v) is 6.09. The lowest BCUT2D eigenvalue weighted by atomic mass is 10.2. The highest BCUT2D eigenvalue weighted by Crippen LogP contribution is 2.37. The highest BCUT2D eigenvalue weighted by atomic mass is 32.2. The molecule has 1 aliphatic heterocycles. The number of anilines is 1. The Bertz CT molecular complexity index is 1060. The SMILES string of the molecule is COc1cc(/C=C/C(=O)OCC(=O)N2CCC(C)Sc3ccccc32)ccc1OCC(N)=O. The fourth-order valence-corrected chi connectivity index (χ4v) is 4.34. The van der Waals surface area contributed by atoms with Crippen molar-refractivity contribution in [2.45, 2.75) is 23.5 Å². The van der Waals surface area contributed by atoms with E-state index in [1.54, 1.807) is 34.9 Å². The molecule has 1 atom stereocenters. The number of carbonyl (C=O) groups is 3. The molecule has 33 heavy (non-hydrogen) atoms. The van der Waals surface area contributed by atoms with Crippen LogP contribution in [0.25, 0.3) is 6.08 Å². The first-order valence-electron chi connectivity index (χ1n) is 10.4. The van der Waals surface area contributed by atoms with Crippen molar-refractivity contribution < 1.29 is 28.6 Å². The Hall–Kier alpha value is -3.46. The van der Waals surface area contributed by atoms with Gasteiger partial charge >= 0.3 is 5.97 Å². The van der Waals surface area contributed by atoms with Gasteiger partial charge in [0.25, 0.3) is 11.8 Å². The lowest BCUT2D eigenvalue weighted by Crippen LogP contribution is -2.35. The van der Waals surface area contributed by atoms with Gasteiger partial charge in [0.15, 0.2) is 24.7 Å². The van der Waals surface area contributed by atoms with E-state index < -0.39 is 11.9 Å². The number of ether oxygens (including phenoxy) is 3. The second-order valence-corrected chi connectivity index (χ2v) is 8.82. The summed E-state index contributed by atoms with van der Waals surface area (Å²) in [6.45, 7) is 2.08. The van der Waals surface area contributed by atoms with Crippen LogP contribution in [0.1, 0.15) is 18.9 Å². The minimum absolute atomic E-state index is 0.267. The van der Waals surface area contributed by atoms with Gasteiger partial charge in [-0.1, -0.05) is 25.1 Å². The van der Waals surface area contributed by atoms with Crippen LogP contribution in [0.5, 0.6) is 11.5 Å². The number of primary amides is 1. The number of nitrogens with two attached hydrogens (primary N) is 1. The summed E-state index contributed by atoms with van der Waals surface area (Å²) in [5, 5.41) is 0.388. The summed E-state index contributed by atoms with van der Waals surface area (Å²) in [6, 6.07) is 12.7. The molecule has 0 saturated carbocycles. The Balaban J connectivity index is 1.59. The number of rotatable bonds is 8. The molecule has 3 rings (SSSR count). The molecule has 9 heteroatoms.